The maximum absolute atomic E-state index is 8.26. The fourth-order valence-electron chi connectivity index (χ4n) is 0. The van der Waals surface area contributed by atoms with Crippen LogP contribution in [0.4, 0.5) is 0 Å². The Kier molecular flexibility index (Phi) is 41.7. The molecule has 0 saturated carbocycles. The predicted octanol–water partition coefficient (Wildman–Crippen LogP) is 0.715. The van der Waals surface area contributed by atoms with Gasteiger partial charge in [0.05, 0.1) is 0 Å². The molecule has 0 amide bonds. The van der Waals surface area contributed by atoms with Crippen LogP contribution in [0.3, 0.4) is 0 Å². The fourth-order valence-corrected chi connectivity index (χ4v) is 0. The molecule has 0 atom stereocenters. The fraction of sp³-hybridized carbons (Fsp3) is 0.667. The number of hydrogen-bond donors (Lipinski definition) is 6. The molecule has 0 radical (unpaired) electrons. The monoisotopic (exact) mass is 428 g/mol. The normalized spacial score (nSPS) is 8.78. The molecule has 116 valence electrons. The van der Waals surface area contributed by atoms with Crippen molar-refractivity contribution in [2.24, 2.45) is 0 Å². The van der Waals surface area contributed by atoms with Crippen molar-refractivity contribution in [3.8, 4) is 0 Å². The summed E-state index contributed by atoms with van der Waals surface area (Å²) in [5.41, 5.74) is 0. The van der Waals surface area contributed by atoms with Gasteiger partial charge in [0.2, 0.25) is 0 Å². The summed E-state index contributed by atoms with van der Waals surface area (Å²) in [6.07, 6.45) is 2.00. The van der Waals surface area contributed by atoms with Crippen LogP contribution in [0.15, 0.2) is 0 Å². The molecule has 7 nitrogen and oxygen atoms in total. The second kappa shape index (κ2) is 23.6. The quantitative estimate of drug-likeness (QED) is 0.188. The van der Waals surface area contributed by atoms with Gasteiger partial charge in [0.25, 0.3) is 0 Å². The van der Waals surface area contributed by atoms with Crippen LogP contribution in [0, 0.1) is 13.8 Å². The van der Waals surface area contributed by atoms with E-state index in [2.05, 4.69) is 37.5 Å². The maximum atomic E-state index is 8.26. The van der Waals surface area contributed by atoms with Gasteiger partial charge >= 0.3 is 36.6 Å². The number of hydrogen-bond acceptors (Lipinski definition) is 3. The first-order valence-electron chi connectivity index (χ1n) is 4.15. The Morgan fingerprint density at radius 3 is 0.833 bits per heavy atom. The van der Waals surface area contributed by atoms with E-state index in [0.717, 1.165) is 12.8 Å². The van der Waals surface area contributed by atoms with Crippen molar-refractivity contribution in [3.05, 3.63) is 13.8 Å². The molecule has 6 N–H and O–H groups in total. The summed E-state index contributed by atoms with van der Waals surface area (Å²) in [7, 11) is 0. The van der Waals surface area contributed by atoms with Gasteiger partial charge < -0.3 is 43.2 Å². The molecule has 0 aliphatic heterocycles. The molecule has 0 aromatic heterocycles. The van der Waals surface area contributed by atoms with Crippen molar-refractivity contribution in [1.29, 1.82) is 0 Å². The van der Waals surface area contributed by atoms with Gasteiger partial charge in [-0.15, -0.1) is 0 Å². The van der Waals surface area contributed by atoms with E-state index in [9.17, 15) is 0 Å². The third kappa shape index (κ3) is 2000. The average Bonchev–Trinajstić information content (AvgIpc) is 2.03. The standard InChI is InChI=1S/2C3H7.Mo.2H3O3PS.O/c2*1-3-2;;2*1-4(2,3)5;/h2*1,3H2,2H3;;2*(H3,1,2,3,5);/q2*-1;;;;. The molecule has 18 heavy (non-hydrogen) atoms. The molecule has 0 spiro atoms. The summed E-state index contributed by atoms with van der Waals surface area (Å²) in [5.74, 6) is 0. The molecule has 0 aliphatic carbocycles. The molecular formula is C6H20MoO7P2S2-2. The van der Waals surface area contributed by atoms with Crippen LogP contribution in [0.25, 0.3) is 0 Å². The van der Waals surface area contributed by atoms with Crippen molar-refractivity contribution >= 4 is 37.1 Å². The van der Waals surface area contributed by atoms with E-state index >= 15 is 0 Å². The molecule has 0 heterocycles. The van der Waals surface area contributed by atoms with Crippen LogP contribution in [0.2, 0.25) is 0 Å². The molecule has 0 aromatic carbocycles. The molecule has 0 aliphatic rings. The van der Waals surface area contributed by atoms with Crippen LogP contribution >= 0.6 is 13.4 Å². The van der Waals surface area contributed by atoms with Gasteiger partial charge in [-0.05, 0) is 23.6 Å². The van der Waals surface area contributed by atoms with E-state index < -0.39 is 13.4 Å². The summed E-state index contributed by atoms with van der Waals surface area (Å²) in [4.78, 5) is 45.3. The van der Waals surface area contributed by atoms with Crippen LogP contribution in [0.1, 0.15) is 26.7 Å². The van der Waals surface area contributed by atoms with Crippen molar-refractivity contribution in [2.45, 2.75) is 26.7 Å². The Hall–Kier alpha value is 1.55. The van der Waals surface area contributed by atoms with E-state index in [4.69, 9.17) is 32.8 Å². The first-order valence-corrected chi connectivity index (χ1v) is 10.3. The molecule has 0 bridgehead atoms. The Labute approximate surface area is 130 Å². The molecule has 0 rings (SSSR count). The molecule has 12 heteroatoms. The molecule has 0 fully saturated rings. The first-order chi connectivity index (χ1) is 7.83. The van der Waals surface area contributed by atoms with Crippen molar-refractivity contribution in [2.75, 3.05) is 0 Å². The predicted molar refractivity (Wildman–Crippen MR) is 73.9 cm³/mol. The topological polar surface area (TPSA) is 138 Å². The first kappa shape index (κ1) is 31.8. The average molecular weight is 426 g/mol. The summed E-state index contributed by atoms with van der Waals surface area (Å²) in [6.45, 7) is 3.39. The van der Waals surface area contributed by atoms with E-state index in [1.807, 2.05) is 13.8 Å². The zero-order valence-electron chi connectivity index (χ0n) is 10.0. The summed E-state index contributed by atoms with van der Waals surface area (Å²) in [5, 5.41) is 0. The van der Waals surface area contributed by atoms with E-state index in [-0.39, 0.29) is 0 Å². The van der Waals surface area contributed by atoms with Crippen LogP contribution in [-0.2, 0) is 46.8 Å². The minimum atomic E-state index is -3.81. The Balaban J connectivity index is -0.0000000409. The molecule has 0 saturated heterocycles. The van der Waals surface area contributed by atoms with Gasteiger partial charge in [-0.25, -0.2) is 0 Å². The van der Waals surface area contributed by atoms with Crippen molar-refractivity contribution < 1.29 is 52.5 Å². The molecular weight excluding hydrogens is 406 g/mol. The Morgan fingerprint density at radius 2 is 0.833 bits per heavy atom. The van der Waals surface area contributed by atoms with Crippen molar-refractivity contribution in [3.63, 3.8) is 0 Å². The second-order valence-electron chi connectivity index (χ2n) is 2.03. The van der Waals surface area contributed by atoms with Gasteiger partial charge in [-0.2, -0.15) is 12.8 Å². The SMILES string of the molecule is OP(O)(O)=S.OP(O)(O)=S.[CH2-]CC.[CH2-]CC.[O]=[Mo]. The van der Waals surface area contributed by atoms with Gasteiger partial charge in [0.1, 0.15) is 0 Å². The second-order valence-corrected chi connectivity index (χ2v) is 7.02. The van der Waals surface area contributed by atoms with Crippen LogP contribution in [0.5, 0.6) is 0 Å². The van der Waals surface area contributed by atoms with Gasteiger partial charge in [-0.1, -0.05) is 13.8 Å². The number of rotatable bonds is 0. The van der Waals surface area contributed by atoms with Crippen molar-refractivity contribution in [1.82, 2.24) is 0 Å². The molecule has 0 unspecified atom stereocenters. The summed E-state index contributed by atoms with van der Waals surface area (Å²) < 4.78 is 8.26. The van der Waals surface area contributed by atoms with Crippen LogP contribution in [-0.4, -0.2) is 29.4 Å². The third-order valence-corrected chi connectivity index (χ3v) is 0. The van der Waals surface area contributed by atoms with E-state index in [1.165, 1.54) is 0 Å². The van der Waals surface area contributed by atoms with Crippen LogP contribution < -0.4 is 0 Å². The summed E-state index contributed by atoms with van der Waals surface area (Å²) >= 11 is 7.91. The Morgan fingerprint density at radius 1 is 0.833 bits per heavy atom. The Bertz CT molecular complexity index is 181. The zero-order chi connectivity index (χ0) is 16.4. The van der Waals surface area contributed by atoms with Gasteiger partial charge in [0.15, 0.2) is 0 Å². The molecule has 0 aromatic rings. The van der Waals surface area contributed by atoms with E-state index in [1.54, 1.807) is 0 Å². The third-order valence-electron chi connectivity index (χ3n) is 0. The summed E-state index contributed by atoms with van der Waals surface area (Å²) in [6, 6.07) is 0. The van der Waals surface area contributed by atoms with Gasteiger partial charge in [0, 0.05) is 0 Å². The van der Waals surface area contributed by atoms with Gasteiger partial charge in [-0.3, -0.25) is 0 Å². The zero-order valence-corrected chi connectivity index (χ0v) is 15.5. The minimum absolute atomic E-state index is 0.700. The van der Waals surface area contributed by atoms with E-state index in [0.29, 0.717) is 19.8 Å².